The number of carbonyl (C=O) groups is 1. The average molecular weight is 508 g/mol. The topological polar surface area (TPSA) is 56.7 Å². The van der Waals surface area contributed by atoms with Gasteiger partial charge in [-0.3, -0.25) is 9.79 Å². The van der Waals surface area contributed by atoms with Crippen LogP contribution in [0.25, 0.3) is 0 Å². The maximum absolute atomic E-state index is 13.7. The van der Waals surface area contributed by atoms with Crippen molar-refractivity contribution in [2.45, 2.75) is 39.0 Å². The second kappa shape index (κ2) is 11.5. The van der Waals surface area contributed by atoms with E-state index in [0.717, 1.165) is 31.7 Å². The number of carbonyl (C=O) groups excluding carboxylic acids is 1. The second-order valence-corrected chi connectivity index (χ2v) is 7.29. The monoisotopic (exact) mass is 508 g/mol. The molecule has 1 fully saturated rings. The zero-order valence-electron chi connectivity index (χ0n) is 16.9. The van der Waals surface area contributed by atoms with Gasteiger partial charge in [0.05, 0.1) is 12.0 Å². The summed E-state index contributed by atoms with van der Waals surface area (Å²) in [5.74, 6) is -0.377. The fourth-order valence-corrected chi connectivity index (χ4v) is 3.58. The van der Waals surface area contributed by atoms with Crippen molar-refractivity contribution >= 4 is 35.8 Å². The maximum atomic E-state index is 13.7. The van der Waals surface area contributed by atoms with Crippen LogP contribution in [-0.2, 0) is 11.2 Å². The maximum Gasteiger partial charge on any atom is 0.230 e. The van der Waals surface area contributed by atoms with Crippen LogP contribution in [0.1, 0.15) is 38.2 Å². The molecule has 0 radical (unpaired) electrons. The van der Waals surface area contributed by atoms with Gasteiger partial charge in [0.15, 0.2) is 5.96 Å². The minimum Gasteiger partial charge on any atom is -0.357 e. The molecule has 1 saturated carbocycles. The van der Waals surface area contributed by atoms with Crippen LogP contribution in [0.15, 0.2) is 23.2 Å². The number of rotatable bonds is 7. The first-order valence-corrected chi connectivity index (χ1v) is 9.56. The molecule has 1 aromatic carbocycles. The molecule has 0 bridgehead atoms. The Hall–Kier alpha value is -1.45. The van der Waals surface area contributed by atoms with Crippen molar-refractivity contribution in [3.63, 3.8) is 0 Å². The lowest BCUT2D eigenvalue weighted by molar-refractivity contribution is -0.138. The van der Waals surface area contributed by atoms with Crippen molar-refractivity contribution in [3.8, 4) is 0 Å². The van der Waals surface area contributed by atoms with E-state index in [4.69, 9.17) is 0 Å². The third-order valence-corrected chi connectivity index (χ3v) is 5.01. The summed E-state index contributed by atoms with van der Waals surface area (Å²) in [5.41, 5.74) is 0.0318. The number of halogens is 3. The molecule has 0 spiro atoms. The predicted molar refractivity (Wildman–Crippen MR) is 119 cm³/mol. The largest absolute Gasteiger partial charge is 0.357 e. The van der Waals surface area contributed by atoms with E-state index >= 15 is 0 Å². The van der Waals surface area contributed by atoms with E-state index in [0.29, 0.717) is 37.6 Å². The number of amides is 1. The van der Waals surface area contributed by atoms with Gasteiger partial charge < -0.3 is 15.5 Å². The van der Waals surface area contributed by atoms with E-state index in [1.807, 2.05) is 6.92 Å². The summed E-state index contributed by atoms with van der Waals surface area (Å²) in [7, 11) is 3.57. The highest BCUT2D eigenvalue weighted by molar-refractivity contribution is 14.0. The van der Waals surface area contributed by atoms with Gasteiger partial charge in [0.1, 0.15) is 11.6 Å². The van der Waals surface area contributed by atoms with Crippen LogP contribution < -0.4 is 10.6 Å². The molecule has 1 aliphatic rings. The molecule has 0 saturated heterocycles. The van der Waals surface area contributed by atoms with E-state index in [9.17, 15) is 13.6 Å². The molecule has 0 heterocycles. The molecule has 0 unspecified atom stereocenters. The molecule has 8 heteroatoms. The van der Waals surface area contributed by atoms with Crippen LogP contribution in [-0.4, -0.2) is 50.5 Å². The first kappa shape index (κ1) is 24.6. The zero-order valence-corrected chi connectivity index (χ0v) is 19.2. The van der Waals surface area contributed by atoms with Gasteiger partial charge in [-0.25, -0.2) is 8.78 Å². The summed E-state index contributed by atoms with van der Waals surface area (Å²) in [6.07, 6.45) is 4.21. The highest BCUT2D eigenvalue weighted by Gasteiger charge is 2.42. The number of nitrogens with one attached hydrogen (secondary N) is 2. The molecule has 5 nitrogen and oxygen atoms in total. The number of hydrogen-bond acceptors (Lipinski definition) is 2. The van der Waals surface area contributed by atoms with E-state index in [1.54, 1.807) is 19.0 Å². The van der Waals surface area contributed by atoms with Crippen molar-refractivity contribution in [3.05, 3.63) is 35.4 Å². The molecule has 1 aromatic rings. The molecule has 0 aliphatic heterocycles. The number of aliphatic imine (C=N–C) groups is 1. The molecule has 2 rings (SSSR count). The summed E-state index contributed by atoms with van der Waals surface area (Å²) >= 11 is 0. The minimum absolute atomic E-state index is 0. The summed E-state index contributed by atoms with van der Waals surface area (Å²) in [4.78, 5) is 18.9. The van der Waals surface area contributed by atoms with Crippen molar-refractivity contribution in [2.24, 2.45) is 10.4 Å². The van der Waals surface area contributed by atoms with Gasteiger partial charge in [-0.15, -0.1) is 24.0 Å². The van der Waals surface area contributed by atoms with Gasteiger partial charge in [0, 0.05) is 33.3 Å². The number of nitrogens with zero attached hydrogens (tertiary/aromatic N) is 2. The van der Waals surface area contributed by atoms with Crippen molar-refractivity contribution < 1.29 is 13.6 Å². The van der Waals surface area contributed by atoms with E-state index < -0.39 is 17.0 Å². The molecule has 0 atom stereocenters. The van der Waals surface area contributed by atoms with Crippen molar-refractivity contribution in [2.75, 3.05) is 33.7 Å². The lowest BCUT2D eigenvalue weighted by Crippen LogP contribution is -2.43. The Bertz CT molecular complexity index is 676. The van der Waals surface area contributed by atoms with Crippen LogP contribution in [0.5, 0.6) is 0 Å². The fraction of sp³-hybridized carbons (Fsp3) is 0.600. The van der Waals surface area contributed by atoms with Crippen LogP contribution in [0.4, 0.5) is 8.78 Å². The lowest BCUT2D eigenvalue weighted by atomic mass is 9.85. The molecule has 158 valence electrons. The van der Waals surface area contributed by atoms with Crippen LogP contribution >= 0.6 is 24.0 Å². The number of hydrogen-bond donors (Lipinski definition) is 2. The minimum atomic E-state index is -0.577. The summed E-state index contributed by atoms with van der Waals surface area (Å²) in [6, 6.07) is 3.61. The molecule has 28 heavy (non-hydrogen) atoms. The third kappa shape index (κ3) is 6.56. The number of benzene rings is 1. The summed E-state index contributed by atoms with van der Waals surface area (Å²) in [5, 5.41) is 6.34. The Morgan fingerprint density at radius 3 is 2.46 bits per heavy atom. The van der Waals surface area contributed by atoms with E-state index in [2.05, 4.69) is 15.6 Å². The Morgan fingerprint density at radius 2 is 1.89 bits per heavy atom. The van der Waals surface area contributed by atoms with Gasteiger partial charge in [0.25, 0.3) is 0 Å². The van der Waals surface area contributed by atoms with Gasteiger partial charge in [-0.1, -0.05) is 18.9 Å². The van der Waals surface area contributed by atoms with Crippen molar-refractivity contribution in [1.82, 2.24) is 15.5 Å². The van der Waals surface area contributed by atoms with Gasteiger partial charge in [-0.05, 0) is 37.8 Å². The zero-order chi connectivity index (χ0) is 19.9. The smallest absolute Gasteiger partial charge is 0.230 e. The standard InChI is InChI=1S/C20H30F2N4O.HI/c1-4-23-19(24-12-9-15-7-8-16(21)13-17(15)22)25-14-20(10-5-6-11-20)18(27)26(2)3;/h7-8,13H,4-6,9-12,14H2,1-3H3,(H2,23,24,25);1H. The highest BCUT2D eigenvalue weighted by atomic mass is 127. The van der Waals surface area contributed by atoms with Gasteiger partial charge in [-0.2, -0.15) is 0 Å². The predicted octanol–water partition coefficient (Wildman–Crippen LogP) is 3.33. The normalized spacial score (nSPS) is 15.7. The van der Waals surface area contributed by atoms with Gasteiger partial charge in [0.2, 0.25) is 5.91 Å². The first-order chi connectivity index (χ1) is 12.9. The molecule has 0 aromatic heterocycles. The van der Waals surface area contributed by atoms with E-state index in [-0.39, 0.29) is 29.9 Å². The Kier molecular flexibility index (Phi) is 10.1. The molecular formula is C20H31F2IN4O. The summed E-state index contributed by atoms with van der Waals surface area (Å²) in [6.45, 7) is 3.55. The molecule has 2 N–H and O–H groups in total. The molecule has 1 amide bonds. The second-order valence-electron chi connectivity index (χ2n) is 7.29. The quantitative estimate of drug-likeness (QED) is 0.338. The van der Waals surface area contributed by atoms with Crippen LogP contribution in [0.2, 0.25) is 0 Å². The molecular weight excluding hydrogens is 477 g/mol. The Balaban J connectivity index is 0.00000392. The first-order valence-electron chi connectivity index (χ1n) is 9.56. The fourth-order valence-electron chi connectivity index (χ4n) is 3.58. The highest BCUT2D eigenvalue weighted by Crippen LogP contribution is 2.39. The van der Waals surface area contributed by atoms with Gasteiger partial charge >= 0.3 is 0 Å². The third-order valence-electron chi connectivity index (χ3n) is 5.01. The van der Waals surface area contributed by atoms with E-state index in [1.165, 1.54) is 12.1 Å². The van der Waals surface area contributed by atoms with Crippen molar-refractivity contribution in [1.29, 1.82) is 0 Å². The molecule has 1 aliphatic carbocycles. The van der Waals surface area contributed by atoms with Crippen LogP contribution in [0, 0.1) is 17.0 Å². The van der Waals surface area contributed by atoms with Crippen LogP contribution in [0.3, 0.4) is 0 Å². The SMILES string of the molecule is CCNC(=NCC1(C(=O)N(C)C)CCCC1)NCCc1ccc(F)cc1F.I. The Labute approximate surface area is 183 Å². The lowest BCUT2D eigenvalue weighted by Gasteiger charge is -2.29. The average Bonchev–Trinajstić information content (AvgIpc) is 3.10. The number of guanidine groups is 1. The Morgan fingerprint density at radius 1 is 1.21 bits per heavy atom. The summed E-state index contributed by atoms with van der Waals surface area (Å²) < 4.78 is 26.7.